The van der Waals surface area contributed by atoms with Gasteiger partial charge in [0.2, 0.25) is 11.8 Å². The molecule has 1 aromatic carbocycles. The number of benzene rings is 1. The summed E-state index contributed by atoms with van der Waals surface area (Å²) in [5, 5.41) is 10.2. The van der Waals surface area contributed by atoms with E-state index in [0.29, 0.717) is 21.7 Å². The summed E-state index contributed by atoms with van der Waals surface area (Å²) in [6.07, 6.45) is 0. The van der Waals surface area contributed by atoms with E-state index in [1.54, 1.807) is 31.2 Å². The van der Waals surface area contributed by atoms with Crippen LogP contribution >= 0.6 is 23.4 Å². The Hall–Kier alpha value is -1.57. The quantitative estimate of drug-likeness (QED) is 0.673. The second-order valence-electron chi connectivity index (χ2n) is 4.07. The van der Waals surface area contributed by atoms with Crippen LogP contribution in [0.5, 0.6) is 0 Å². The molecule has 2 aromatic rings. The van der Waals surface area contributed by atoms with Gasteiger partial charge >= 0.3 is 0 Å². The summed E-state index contributed by atoms with van der Waals surface area (Å²) < 4.78 is 5.47. The van der Waals surface area contributed by atoms with Gasteiger partial charge in [0.1, 0.15) is 0 Å². The Balaban J connectivity index is 2.00. The minimum absolute atomic E-state index is 0.141. The highest BCUT2D eigenvalue weighted by Crippen LogP contribution is 2.28. The van der Waals surface area contributed by atoms with E-state index in [2.05, 4.69) is 15.6 Å². The Morgan fingerprint density at radius 3 is 2.85 bits per heavy atom. The average Bonchev–Trinajstić information content (AvgIpc) is 2.85. The van der Waals surface area contributed by atoms with Crippen LogP contribution in [0.3, 0.4) is 0 Å². The Morgan fingerprint density at radius 1 is 1.40 bits per heavy atom. The molecule has 0 fully saturated rings. The normalized spacial score (nSPS) is 10.8. The largest absolute Gasteiger partial charge is 0.411 e. The predicted molar refractivity (Wildman–Crippen MR) is 77.3 cm³/mol. The van der Waals surface area contributed by atoms with Gasteiger partial charge in [0, 0.05) is 14.1 Å². The zero-order chi connectivity index (χ0) is 14.5. The molecule has 106 valence electrons. The first kappa shape index (κ1) is 14.8. The second-order valence-corrected chi connectivity index (χ2v) is 5.40. The first-order valence-electron chi connectivity index (χ1n) is 5.74. The molecule has 0 spiro atoms. The van der Waals surface area contributed by atoms with Gasteiger partial charge in [-0.3, -0.25) is 10.2 Å². The highest BCUT2D eigenvalue weighted by Gasteiger charge is 2.13. The molecule has 1 aromatic heterocycles. The van der Waals surface area contributed by atoms with Crippen molar-refractivity contribution < 1.29 is 9.21 Å². The van der Waals surface area contributed by atoms with Crippen molar-refractivity contribution in [3.8, 4) is 11.5 Å². The fraction of sp³-hybridized carbons (Fsp3) is 0.250. The number of carbonyl (C=O) groups is 1. The highest BCUT2D eigenvalue weighted by molar-refractivity contribution is 7.99. The van der Waals surface area contributed by atoms with Crippen LogP contribution in [0.2, 0.25) is 5.02 Å². The first-order valence-corrected chi connectivity index (χ1v) is 7.10. The second kappa shape index (κ2) is 6.74. The van der Waals surface area contributed by atoms with Gasteiger partial charge in [-0.1, -0.05) is 35.5 Å². The number of hydrogen-bond acceptors (Lipinski definition) is 6. The fourth-order valence-electron chi connectivity index (χ4n) is 1.42. The van der Waals surface area contributed by atoms with Gasteiger partial charge in [-0.15, -0.1) is 10.2 Å². The molecule has 0 aliphatic carbocycles. The number of carbonyl (C=O) groups excluding carboxylic acids is 1. The Morgan fingerprint density at radius 2 is 2.15 bits per heavy atom. The van der Waals surface area contributed by atoms with Crippen molar-refractivity contribution in [3.05, 3.63) is 29.3 Å². The van der Waals surface area contributed by atoms with Crippen LogP contribution in [-0.2, 0) is 4.79 Å². The zero-order valence-corrected chi connectivity index (χ0v) is 12.5. The van der Waals surface area contributed by atoms with Gasteiger partial charge in [0.05, 0.1) is 16.3 Å². The van der Waals surface area contributed by atoms with Gasteiger partial charge < -0.3 is 4.42 Å². The summed E-state index contributed by atoms with van der Waals surface area (Å²) in [4.78, 5) is 11.5. The van der Waals surface area contributed by atoms with E-state index >= 15 is 0 Å². The lowest BCUT2D eigenvalue weighted by Crippen LogP contribution is -2.37. The third kappa shape index (κ3) is 3.96. The summed E-state index contributed by atoms with van der Waals surface area (Å²) in [5.41, 5.74) is 3.30. The Kier molecular flexibility index (Phi) is 4.99. The lowest BCUT2D eigenvalue weighted by atomic mass is 10.2. The number of aromatic nitrogens is 2. The summed E-state index contributed by atoms with van der Waals surface area (Å²) in [6.45, 7) is 0. The minimum atomic E-state index is -0.141. The van der Waals surface area contributed by atoms with Gasteiger partial charge in [0.25, 0.3) is 5.22 Å². The van der Waals surface area contributed by atoms with Crippen LogP contribution in [0.1, 0.15) is 0 Å². The maximum Gasteiger partial charge on any atom is 0.277 e. The predicted octanol–water partition coefficient (Wildman–Crippen LogP) is 2.07. The molecule has 8 heteroatoms. The van der Waals surface area contributed by atoms with Crippen molar-refractivity contribution >= 4 is 29.3 Å². The molecule has 0 aliphatic rings. The Labute approximate surface area is 125 Å². The number of hydrazine groups is 1. The Bertz CT molecular complexity index is 603. The van der Waals surface area contributed by atoms with Gasteiger partial charge in [-0.05, 0) is 12.1 Å². The number of halogens is 1. The number of thioether (sulfide) groups is 1. The summed E-state index contributed by atoms with van der Waals surface area (Å²) in [5.74, 6) is 0.395. The maximum absolute atomic E-state index is 11.5. The van der Waals surface area contributed by atoms with E-state index in [9.17, 15) is 4.79 Å². The molecule has 0 unspecified atom stereocenters. The fourth-order valence-corrected chi connectivity index (χ4v) is 2.19. The molecule has 0 bridgehead atoms. The molecule has 0 radical (unpaired) electrons. The van der Waals surface area contributed by atoms with Crippen LogP contribution in [0, 0.1) is 0 Å². The first-order chi connectivity index (χ1) is 9.56. The number of nitrogens with zero attached hydrogens (tertiary/aromatic N) is 3. The number of hydrogen-bond donors (Lipinski definition) is 1. The molecular weight excluding hydrogens is 300 g/mol. The molecule has 2 rings (SSSR count). The lowest BCUT2D eigenvalue weighted by Gasteiger charge is -2.10. The van der Waals surface area contributed by atoms with Gasteiger partial charge in [0.15, 0.2) is 0 Å². The molecule has 1 N–H and O–H groups in total. The zero-order valence-electron chi connectivity index (χ0n) is 11.0. The standard InChI is InChI=1S/C12H13ClN4O2S/c1-17(2)16-10(18)7-20-12-15-14-11(19-12)8-5-3-4-6-9(8)13/h3-6H,7H2,1-2H3,(H,16,18). The minimum Gasteiger partial charge on any atom is -0.411 e. The van der Waals surface area contributed by atoms with Crippen molar-refractivity contribution in [2.75, 3.05) is 19.8 Å². The van der Waals surface area contributed by atoms with Crippen molar-refractivity contribution in [3.63, 3.8) is 0 Å². The van der Waals surface area contributed by atoms with E-state index in [1.807, 2.05) is 12.1 Å². The third-order valence-electron chi connectivity index (χ3n) is 2.19. The molecule has 6 nitrogen and oxygen atoms in total. The molecule has 20 heavy (non-hydrogen) atoms. The van der Waals surface area contributed by atoms with Crippen LogP contribution < -0.4 is 5.43 Å². The summed E-state index contributed by atoms with van der Waals surface area (Å²) in [7, 11) is 3.48. The smallest absolute Gasteiger partial charge is 0.277 e. The van der Waals surface area contributed by atoms with Crippen LogP contribution in [0.25, 0.3) is 11.5 Å². The summed E-state index contributed by atoms with van der Waals surface area (Å²) >= 11 is 7.22. The van der Waals surface area contributed by atoms with Gasteiger partial charge in [-0.2, -0.15) is 0 Å². The summed E-state index contributed by atoms with van der Waals surface area (Å²) in [6, 6.07) is 7.20. The lowest BCUT2D eigenvalue weighted by molar-refractivity contribution is -0.122. The number of rotatable bonds is 5. The van der Waals surface area contributed by atoms with Crippen LogP contribution in [-0.4, -0.2) is 41.0 Å². The van der Waals surface area contributed by atoms with Crippen LogP contribution in [0.15, 0.2) is 33.9 Å². The van der Waals surface area contributed by atoms with E-state index in [-0.39, 0.29) is 11.7 Å². The molecule has 0 saturated carbocycles. The maximum atomic E-state index is 11.5. The van der Waals surface area contributed by atoms with E-state index in [4.69, 9.17) is 16.0 Å². The number of nitrogens with one attached hydrogen (secondary N) is 1. The molecule has 0 aliphatic heterocycles. The monoisotopic (exact) mass is 312 g/mol. The molecule has 1 amide bonds. The number of amides is 1. The molecule has 1 heterocycles. The molecular formula is C12H13ClN4O2S. The van der Waals surface area contributed by atoms with Crippen molar-refractivity contribution in [1.82, 2.24) is 20.6 Å². The third-order valence-corrected chi connectivity index (χ3v) is 3.33. The highest BCUT2D eigenvalue weighted by atomic mass is 35.5. The van der Waals surface area contributed by atoms with Gasteiger partial charge in [-0.25, -0.2) is 5.01 Å². The average molecular weight is 313 g/mol. The SMILES string of the molecule is CN(C)NC(=O)CSc1nnc(-c2ccccc2Cl)o1. The molecule has 0 saturated heterocycles. The van der Waals surface area contributed by atoms with Crippen molar-refractivity contribution in [2.24, 2.45) is 0 Å². The van der Waals surface area contributed by atoms with Crippen molar-refractivity contribution in [2.45, 2.75) is 5.22 Å². The van der Waals surface area contributed by atoms with Crippen molar-refractivity contribution in [1.29, 1.82) is 0 Å². The van der Waals surface area contributed by atoms with E-state index in [0.717, 1.165) is 0 Å². The van der Waals surface area contributed by atoms with E-state index in [1.165, 1.54) is 11.8 Å². The topological polar surface area (TPSA) is 71.3 Å². The van der Waals surface area contributed by atoms with Crippen LogP contribution in [0.4, 0.5) is 0 Å². The molecule has 0 atom stereocenters. The van der Waals surface area contributed by atoms with E-state index < -0.39 is 0 Å².